The first-order valence-electron chi connectivity index (χ1n) is 9.31. The Hall–Kier alpha value is -2.28. The van der Waals surface area contributed by atoms with E-state index in [1.807, 2.05) is 0 Å². The van der Waals surface area contributed by atoms with Gasteiger partial charge in [0.25, 0.3) is 5.91 Å². The zero-order valence-corrected chi connectivity index (χ0v) is 15.5. The summed E-state index contributed by atoms with van der Waals surface area (Å²) in [5, 5.41) is 2.98. The van der Waals surface area contributed by atoms with Crippen LogP contribution in [-0.2, 0) is 4.79 Å². The Morgan fingerprint density at radius 2 is 1.92 bits per heavy atom. The summed E-state index contributed by atoms with van der Waals surface area (Å²) in [5.74, 6) is 1.11. The standard InChI is InChI=1S/C19H27N3O4/c1-3-21(4-2)9-5-8-20-18(23)15-11-22(12-15)19(24)14-6-7-16-17(10-14)26-13-25-16/h6-7,10,15H,3-5,8-9,11-13H2,1-2H3,(H,20,23). The van der Waals surface area contributed by atoms with Gasteiger partial charge in [0.2, 0.25) is 12.7 Å². The summed E-state index contributed by atoms with van der Waals surface area (Å²) >= 11 is 0. The number of rotatable bonds is 8. The Morgan fingerprint density at radius 1 is 1.19 bits per heavy atom. The maximum absolute atomic E-state index is 12.5. The number of amides is 2. The number of carbonyl (C=O) groups excluding carboxylic acids is 2. The number of hydrogen-bond donors (Lipinski definition) is 1. The van der Waals surface area contributed by atoms with Gasteiger partial charge in [-0.25, -0.2) is 0 Å². The maximum Gasteiger partial charge on any atom is 0.254 e. The largest absolute Gasteiger partial charge is 0.454 e. The van der Waals surface area contributed by atoms with E-state index in [9.17, 15) is 9.59 Å². The number of ether oxygens (including phenoxy) is 2. The van der Waals surface area contributed by atoms with Crippen LogP contribution in [0.1, 0.15) is 30.6 Å². The molecule has 142 valence electrons. The van der Waals surface area contributed by atoms with Crippen LogP contribution >= 0.6 is 0 Å². The summed E-state index contributed by atoms with van der Waals surface area (Å²) in [6.45, 7) is 9.14. The van der Waals surface area contributed by atoms with Crippen molar-refractivity contribution in [3.05, 3.63) is 23.8 Å². The van der Waals surface area contributed by atoms with Gasteiger partial charge < -0.3 is 24.6 Å². The van der Waals surface area contributed by atoms with Gasteiger partial charge in [0, 0.05) is 25.2 Å². The van der Waals surface area contributed by atoms with E-state index in [-0.39, 0.29) is 24.5 Å². The molecule has 0 aromatic heterocycles. The van der Waals surface area contributed by atoms with Gasteiger partial charge in [0.1, 0.15) is 0 Å². The Morgan fingerprint density at radius 3 is 2.65 bits per heavy atom. The molecule has 0 spiro atoms. The predicted molar refractivity (Wildman–Crippen MR) is 97.4 cm³/mol. The van der Waals surface area contributed by atoms with Crippen LogP contribution in [0.15, 0.2) is 18.2 Å². The highest BCUT2D eigenvalue weighted by Crippen LogP contribution is 2.33. The first-order chi connectivity index (χ1) is 12.6. The maximum atomic E-state index is 12.5. The van der Waals surface area contributed by atoms with Crippen molar-refractivity contribution in [2.75, 3.05) is 46.1 Å². The molecule has 2 amide bonds. The van der Waals surface area contributed by atoms with Crippen LogP contribution in [0.2, 0.25) is 0 Å². The summed E-state index contributed by atoms with van der Waals surface area (Å²) in [6, 6.07) is 5.18. The lowest BCUT2D eigenvalue weighted by molar-refractivity contribution is -0.128. The van der Waals surface area contributed by atoms with E-state index >= 15 is 0 Å². The molecule has 1 fully saturated rings. The second kappa shape index (κ2) is 8.40. The summed E-state index contributed by atoms with van der Waals surface area (Å²) in [6.07, 6.45) is 0.944. The molecule has 0 atom stereocenters. The molecular weight excluding hydrogens is 334 g/mol. The van der Waals surface area contributed by atoms with Crippen LogP contribution in [0.3, 0.4) is 0 Å². The fourth-order valence-corrected chi connectivity index (χ4v) is 3.22. The zero-order valence-electron chi connectivity index (χ0n) is 15.5. The Kier molecular flexibility index (Phi) is 5.98. The van der Waals surface area contributed by atoms with Crippen LogP contribution in [0.5, 0.6) is 11.5 Å². The number of hydrogen-bond acceptors (Lipinski definition) is 5. The number of nitrogens with zero attached hydrogens (tertiary/aromatic N) is 2. The fraction of sp³-hybridized carbons (Fsp3) is 0.579. The van der Waals surface area contributed by atoms with Crippen LogP contribution in [0, 0.1) is 5.92 Å². The molecule has 26 heavy (non-hydrogen) atoms. The van der Waals surface area contributed by atoms with Crippen molar-refractivity contribution in [2.45, 2.75) is 20.3 Å². The van der Waals surface area contributed by atoms with E-state index in [0.717, 1.165) is 26.1 Å². The first-order valence-corrected chi connectivity index (χ1v) is 9.31. The molecule has 3 rings (SSSR count). The zero-order chi connectivity index (χ0) is 18.5. The minimum atomic E-state index is -0.110. The normalized spacial score (nSPS) is 15.9. The topological polar surface area (TPSA) is 71.1 Å². The molecule has 1 saturated heterocycles. The molecule has 1 aromatic carbocycles. The van der Waals surface area contributed by atoms with Gasteiger partial charge in [-0.05, 0) is 44.3 Å². The van der Waals surface area contributed by atoms with Crippen LogP contribution in [0.4, 0.5) is 0 Å². The first kappa shape index (κ1) is 18.5. The smallest absolute Gasteiger partial charge is 0.254 e. The molecular formula is C19H27N3O4. The molecule has 0 radical (unpaired) electrons. The molecule has 2 aliphatic rings. The van der Waals surface area contributed by atoms with Gasteiger partial charge in [0.05, 0.1) is 5.92 Å². The SMILES string of the molecule is CCN(CC)CCCNC(=O)C1CN(C(=O)c2ccc3c(c2)OCO3)C1. The molecule has 0 saturated carbocycles. The third-order valence-electron chi connectivity index (χ3n) is 5.00. The van der Waals surface area contributed by atoms with Gasteiger partial charge in [-0.1, -0.05) is 13.8 Å². The highest BCUT2D eigenvalue weighted by Gasteiger charge is 2.36. The number of fused-ring (bicyclic) bond motifs is 1. The quantitative estimate of drug-likeness (QED) is 0.708. The van der Waals surface area contributed by atoms with E-state index in [4.69, 9.17) is 9.47 Å². The number of benzene rings is 1. The summed E-state index contributed by atoms with van der Waals surface area (Å²) in [7, 11) is 0. The number of carbonyl (C=O) groups is 2. The molecule has 0 bridgehead atoms. The van der Waals surface area contributed by atoms with Gasteiger partial charge in [-0.15, -0.1) is 0 Å². The van der Waals surface area contributed by atoms with E-state index in [1.165, 1.54) is 0 Å². The fourth-order valence-electron chi connectivity index (χ4n) is 3.22. The molecule has 1 aromatic rings. The van der Waals surface area contributed by atoms with Crippen molar-refractivity contribution in [3.8, 4) is 11.5 Å². The average molecular weight is 361 g/mol. The van der Waals surface area contributed by atoms with E-state index in [1.54, 1.807) is 23.1 Å². The van der Waals surface area contributed by atoms with Crippen LogP contribution < -0.4 is 14.8 Å². The van der Waals surface area contributed by atoms with Crippen molar-refractivity contribution < 1.29 is 19.1 Å². The van der Waals surface area contributed by atoms with Crippen molar-refractivity contribution in [1.82, 2.24) is 15.1 Å². The van der Waals surface area contributed by atoms with Crippen molar-refractivity contribution in [2.24, 2.45) is 5.92 Å². The lowest BCUT2D eigenvalue weighted by Gasteiger charge is -2.38. The van der Waals surface area contributed by atoms with Gasteiger partial charge in [-0.3, -0.25) is 9.59 Å². The van der Waals surface area contributed by atoms with E-state index in [0.29, 0.717) is 36.7 Å². The lowest BCUT2D eigenvalue weighted by atomic mass is 9.97. The van der Waals surface area contributed by atoms with Gasteiger partial charge >= 0.3 is 0 Å². The molecule has 1 N–H and O–H groups in total. The van der Waals surface area contributed by atoms with Gasteiger partial charge in [0.15, 0.2) is 11.5 Å². The minimum Gasteiger partial charge on any atom is -0.454 e. The predicted octanol–water partition coefficient (Wildman–Crippen LogP) is 1.34. The average Bonchev–Trinajstić information content (AvgIpc) is 3.08. The molecule has 2 aliphatic heterocycles. The third-order valence-corrected chi connectivity index (χ3v) is 5.00. The molecule has 0 unspecified atom stereocenters. The minimum absolute atomic E-state index is 0.0410. The highest BCUT2D eigenvalue weighted by molar-refractivity contribution is 5.96. The Labute approximate surface area is 154 Å². The summed E-state index contributed by atoms with van der Waals surface area (Å²) in [5.41, 5.74) is 0.562. The van der Waals surface area contributed by atoms with Crippen molar-refractivity contribution in [3.63, 3.8) is 0 Å². The molecule has 7 nitrogen and oxygen atoms in total. The molecule has 2 heterocycles. The monoisotopic (exact) mass is 361 g/mol. The second-order valence-corrected chi connectivity index (χ2v) is 6.65. The summed E-state index contributed by atoms with van der Waals surface area (Å²) in [4.78, 5) is 28.7. The summed E-state index contributed by atoms with van der Waals surface area (Å²) < 4.78 is 10.6. The molecule has 7 heteroatoms. The second-order valence-electron chi connectivity index (χ2n) is 6.65. The van der Waals surface area contributed by atoms with Gasteiger partial charge in [-0.2, -0.15) is 0 Å². The lowest BCUT2D eigenvalue weighted by Crippen LogP contribution is -2.55. The number of likely N-dealkylation sites (tertiary alicyclic amines) is 1. The number of nitrogens with one attached hydrogen (secondary N) is 1. The van der Waals surface area contributed by atoms with E-state index < -0.39 is 0 Å². The Balaban J connectivity index is 1.39. The van der Waals surface area contributed by atoms with E-state index in [2.05, 4.69) is 24.1 Å². The Bertz CT molecular complexity index is 654. The molecule has 0 aliphatic carbocycles. The van der Waals surface area contributed by atoms with Crippen molar-refractivity contribution >= 4 is 11.8 Å². The van der Waals surface area contributed by atoms with Crippen LogP contribution in [-0.4, -0.2) is 67.7 Å². The van der Waals surface area contributed by atoms with Crippen LogP contribution in [0.25, 0.3) is 0 Å². The van der Waals surface area contributed by atoms with Crippen molar-refractivity contribution in [1.29, 1.82) is 0 Å². The third kappa shape index (κ3) is 4.09. The highest BCUT2D eigenvalue weighted by atomic mass is 16.7.